The molecule has 1 aromatic carbocycles. The molecular weight excluding hydrogens is 244 g/mol. The molecule has 1 N–H and O–H groups in total. The summed E-state index contributed by atoms with van der Waals surface area (Å²) in [6, 6.07) is 6.86. The Kier molecular flexibility index (Phi) is 2.75. The van der Waals surface area contributed by atoms with Gasteiger partial charge in [-0.15, -0.1) is 0 Å². The Morgan fingerprint density at radius 3 is 2.53 bits per heavy atom. The molecule has 0 fully saturated rings. The zero-order valence-corrected chi connectivity index (χ0v) is 10.1. The Morgan fingerprint density at radius 1 is 1.29 bits per heavy atom. The van der Waals surface area contributed by atoms with E-state index < -0.39 is 11.8 Å². The third kappa shape index (κ3) is 2.22. The summed E-state index contributed by atoms with van der Waals surface area (Å²) >= 11 is 6.00. The van der Waals surface area contributed by atoms with Crippen molar-refractivity contribution < 1.29 is 19.4 Å². The van der Waals surface area contributed by atoms with Crippen LogP contribution in [-0.2, 0) is 14.3 Å². The number of aliphatic carboxylic acids is 1. The van der Waals surface area contributed by atoms with Gasteiger partial charge in [0, 0.05) is 19.4 Å². The van der Waals surface area contributed by atoms with Gasteiger partial charge in [0.15, 0.2) is 5.76 Å². The highest BCUT2D eigenvalue weighted by Gasteiger charge is 2.38. The van der Waals surface area contributed by atoms with Crippen LogP contribution in [-0.4, -0.2) is 16.9 Å². The molecule has 0 aliphatic carbocycles. The van der Waals surface area contributed by atoms with E-state index in [-0.39, 0.29) is 11.5 Å². The van der Waals surface area contributed by atoms with Crippen LogP contribution < -0.4 is 0 Å². The van der Waals surface area contributed by atoms with Crippen molar-refractivity contribution in [2.45, 2.75) is 19.6 Å². The summed E-state index contributed by atoms with van der Waals surface area (Å²) in [6.45, 7) is 3.28. The number of hydrogen-bond donors (Lipinski definition) is 1. The van der Waals surface area contributed by atoms with Crippen LogP contribution in [0.1, 0.15) is 19.4 Å². The summed E-state index contributed by atoms with van der Waals surface area (Å²) in [5, 5.41) is 9.48. The number of halogens is 1. The normalized spacial score (nSPS) is 17.6. The summed E-state index contributed by atoms with van der Waals surface area (Å²) in [5.74, 6) is -2.23. The number of rotatable bonds is 2. The van der Waals surface area contributed by atoms with E-state index in [4.69, 9.17) is 26.2 Å². The fraction of sp³-hybridized carbons (Fsp3) is 0.250. The first-order valence-electron chi connectivity index (χ1n) is 5.01. The molecule has 0 aromatic heterocycles. The van der Waals surface area contributed by atoms with Crippen LogP contribution in [0.4, 0.5) is 0 Å². The summed E-state index contributed by atoms with van der Waals surface area (Å²) in [5.41, 5.74) is 0.511. The molecule has 1 heterocycles. The standard InChI is InChI=1S/C12H11ClO4/c1-12(2)16-9(10(17-12)11(14)15)7-5-3-4-6-8(7)13/h3-6H,1-2H3,(H,14,15). The lowest BCUT2D eigenvalue weighted by Gasteiger charge is -2.18. The Balaban J connectivity index is 2.52. The Bertz CT molecular complexity index is 505. The molecule has 1 aliphatic rings. The smallest absolute Gasteiger partial charge is 0.375 e. The molecule has 4 nitrogen and oxygen atoms in total. The maximum atomic E-state index is 11.1. The van der Waals surface area contributed by atoms with Crippen LogP contribution in [0.2, 0.25) is 5.02 Å². The number of carboxylic acids is 1. The zero-order valence-electron chi connectivity index (χ0n) is 9.36. The quantitative estimate of drug-likeness (QED) is 0.882. The van der Waals surface area contributed by atoms with Gasteiger partial charge in [0.1, 0.15) is 0 Å². The molecule has 1 aliphatic heterocycles. The first-order valence-corrected chi connectivity index (χ1v) is 5.39. The maximum Gasteiger partial charge on any atom is 0.375 e. The van der Waals surface area contributed by atoms with Gasteiger partial charge in [0.25, 0.3) is 5.76 Å². The third-order valence-corrected chi connectivity index (χ3v) is 2.54. The van der Waals surface area contributed by atoms with Crippen molar-refractivity contribution in [2.75, 3.05) is 0 Å². The second-order valence-corrected chi connectivity index (χ2v) is 4.45. The highest BCUT2D eigenvalue weighted by atomic mass is 35.5. The van der Waals surface area contributed by atoms with Crippen LogP contribution >= 0.6 is 11.6 Å². The molecular formula is C12H11ClO4. The lowest BCUT2D eigenvalue weighted by molar-refractivity contribution is -0.147. The number of hydrogen-bond acceptors (Lipinski definition) is 3. The van der Waals surface area contributed by atoms with Crippen LogP contribution in [0.5, 0.6) is 0 Å². The summed E-state index contributed by atoms with van der Waals surface area (Å²) in [7, 11) is 0. The van der Waals surface area contributed by atoms with Gasteiger partial charge in [-0.1, -0.05) is 23.7 Å². The zero-order chi connectivity index (χ0) is 12.6. The maximum absolute atomic E-state index is 11.1. The molecule has 17 heavy (non-hydrogen) atoms. The van der Waals surface area contributed by atoms with Gasteiger partial charge in [0.05, 0.1) is 5.02 Å². The highest BCUT2D eigenvalue weighted by molar-refractivity contribution is 6.32. The molecule has 1 aromatic rings. The number of carboxylic acid groups (broad SMARTS) is 1. The minimum atomic E-state index is -1.18. The number of carbonyl (C=O) groups is 1. The molecule has 0 saturated carbocycles. The predicted octanol–water partition coefficient (Wildman–Crippen LogP) is 2.88. The highest BCUT2D eigenvalue weighted by Crippen LogP contribution is 2.38. The topological polar surface area (TPSA) is 55.8 Å². The molecule has 90 valence electrons. The number of ether oxygens (including phenoxy) is 2. The van der Waals surface area contributed by atoms with Crippen molar-refractivity contribution in [1.29, 1.82) is 0 Å². The van der Waals surface area contributed by atoms with Crippen molar-refractivity contribution in [3.63, 3.8) is 0 Å². The largest absolute Gasteiger partial charge is 0.475 e. The van der Waals surface area contributed by atoms with Gasteiger partial charge in [-0.2, -0.15) is 0 Å². The van der Waals surface area contributed by atoms with Gasteiger partial charge in [0.2, 0.25) is 5.79 Å². The fourth-order valence-corrected chi connectivity index (χ4v) is 1.79. The average molecular weight is 255 g/mol. The van der Waals surface area contributed by atoms with Gasteiger partial charge in [-0.3, -0.25) is 0 Å². The summed E-state index contributed by atoms with van der Waals surface area (Å²) < 4.78 is 10.7. The Labute approximate surface area is 103 Å². The average Bonchev–Trinajstić information content (AvgIpc) is 2.55. The molecule has 5 heteroatoms. The summed E-state index contributed by atoms with van der Waals surface area (Å²) in [6.07, 6.45) is 0. The van der Waals surface area contributed by atoms with Crippen molar-refractivity contribution in [2.24, 2.45) is 0 Å². The monoisotopic (exact) mass is 254 g/mol. The first-order chi connectivity index (χ1) is 7.91. The summed E-state index contributed by atoms with van der Waals surface area (Å²) in [4.78, 5) is 11.1. The second-order valence-electron chi connectivity index (χ2n) is 4.05. The lowest BCUT2D eigenvalue weighted by Crippen LogP contribution is -2.21. The molecule has 2 rings (SSSR count). The predicted molar refractivity (Wildman–Crippen MR) is 62.3 cm³/mol. The molecule has 0 atom stereocenters. The molecule has 0 radical (unpaired) electrons. The van der Waals surface area contributed by atoms with Crippen LogP contribution in [0, 0.1) is 0 Å². The van der Waals surface area contributed by atoms with E-state index >= 15 is 0 Å². The minimum absolute atomic E-state index is 0.160. The Hall–Kier alpha value is -1.68. The van der Waals surface area contributed by atoms with E-state index in [0.29, 0.717) is 10.6 Å². The molecule has 0 amide bonds. The SMILES string of the molecule is CC1(C)OC(C(=O)O)=C(c2ccccc2Cl)O1. The van der Waals surface area contributed by atoms with Crippen LogP contribution in [0.3, 0.4) is 0 Å². The van der Waals surface area contributed by atoms with Gasteiger partial charge >= 0.3 is 5.97 Å². The minimum Gasteiger partial charge on any atom is -0.475 e. The third-order valence-electron chi connectivity index (χ3n) is 2.21. The van der Waals surface area contributed by atoms with E-state index in [1.54, 1.807) is 38.1 Å². The van der Waals surface area contributed by atoms with Gasteiger partial charge in [-0.25, -0.2) is 4.79 Å². The van der Waals surface area contributed by atoms with Gasteiger partial charge in [-0.05, 0) is 12.1 Å². The second kappa shape index (κ2) is 3.96. The van der Waals surface area contributed by atoms with Crippen molar-refractivity contribution in [1.82, 2.24) is 0 Å². The van der Waals surface area contributed by atoms with E-state index in [2.05, 4.69) is 0 Å². The van der Waals surface area contributed by atoms with E-state index in [1.807, 2.05) is 0 Å². The van der Waals surface area contributed by atoms with E-state index in [0.717, 1.165) is 0 Å². The van der Waals surface area contributed by atoms with Crippen LogP contribution in [0.15, 0.2) is 30.0 Å². The first kappa shape index (κ1) is 11.8. The van der Waals surface area contributed by atoms with E-state index in [1.165, 1.54) is 0 Å². The molecule has 0 spiro atoms. The molecule has 0 saturated heterocycles. The van der Waals surface area contributed by atoms with Crippen LogP contribution in [0.25, 0.3) is 5.76 Å². The van der Waals surface area contributed by atoms with Crippen molar-refractivity contribution in [3.8, 4) is 0 Å². The van der Waals surface area contributed by atoms with Gasteiger partial charge < -0.3 is 14.6 Å². The molecule has 0 unspecified atom stereocenters. The van der Waals surface area contributed by atoms with E-state index in [9.17, 15) is 4.79 Å². The van der Waals surface area contributed by atoms with Crippen molar-refractivity contribution in [3.05, 3.63) is 40.6 Å². The van der Waals surface area contributed by atoms with Crippen molar-refractivity contribution >= 4 is 23.3 Å². The molecule has 0 bridgehead atoms. The number of benzene rings is 1. The fourth-order valence-electron chi connectivity index (χ4n) is 1.57. The lowest BCUT2D eigenvalue weighted by atomic mass is 10.1. The Morgan fingerprint density at radius 2 is 1.94 bits per heavy atom.